The van der Waals surface area contributed by atoms with E-state index in [1.807, 2.05) is 0 Å². The molecule has 3 rings (SSSR count). The number of hydrogen-bond acceptors (Lipinski definition) is 2. The lowest BCUT2D eigenvalue weighted by Crippen LogP contribution is -2.46. The second kappa shape index (κ2) is 5.50. The summed E-state index contributed by atoms with van der Waals surface area (Å²) >= 11 is 12.3. The summed E-state index contributed by atoms with van der Waals surface area (Å²) in [6.07, 6.45) is 2.46. The summed E-state index contributed by atoms with van der Waals surface area (Å²) < 4.78 is 0. The molecule has 1 amide bonds. The lowest BCUT2D eigenvalue weighted by Gasteiger charge is -2.40. The Kier molecular flexibility index (Phi) is 3.84. The monoisotopic (exact) mass is 327 g/mol. The van der Waals surface area contributed by atoms with E-state index < -0.39 is 17.9 Å². The van der Waals surface area contributed by atoms with Gasteiger partial charge in [0.1, 0.15) is 0 Å². The Hall–Kier alpha value is -1.26. The fourth-order valence-electron chi connectivity index (χ4n) is 3.07. The molecule has 0 bridgehead atoms. The van der Waals surface area contributed by atoms with Crippen molar-refractivity contribution in [2.24, 2.45) is 5.92 Å². The molecule has 0 radical (unpaired) electrons. The van der Waals surface area contributed by atoms with E-state index in [9.17, 15) is 14.7 Å². The third-order valence-electron chi connectivity index (χ3n) is 4.20. The molecule has 2 fully saturated rings. The van der Waals surface area contributed by atoms with Gasteiger partial charge in [0.05, 0.1) is 22.0 Å². The van der Waals surface area contributed by atoms with Crippen molar-refractivity contribution in [3.63, 3.8) is 0 Å². The quantitative estimate of drug-likeness (QED) is 0.924. The molecular weight excluding hydrogens is 313 g/mol. The summed E-state index contributed by atoms with van der Waals surface area (Å²) in [7, 11) is 0. The van der Waals surface area contributed by atoms with Crippen LogP contribution < -0.4 is 0 Å². The van der Waals surface area contributed by atoms with Crippen LogP contribution in [0.3, 0.4) is 0 Å². The van der Waals surface area contributed by atoms with Crippen molar-refractivity contribution in [3.05, 3.63) is 33.8 Å². The summed E-state index contributed by atoms with van der Waals surface area (Å²) in [5, 5.41) is 10.2. The van der Waals surface area contributed by atoms with Gasteiger partial charge in [-0.15, -0.1) is 0 Å². The molecule has 1 aliphatic heterocycles. The number of likely N-dealkylation sites (tertiary alicyclic amines) is 1. The molecule has 1 N–H and O–H groups in total. The molecule has 112 valence electrons. The summed E-state index contributed by atoms with van der Waals surface area (Å²) in [6, 6.07) is 4.78. The zero-order valence-electron chi connectivity index (χ0n) is 11.3. The molecule has 1 heterocycles. The minimum atomic E-state index is -0.894. The minimum absolute atomic E-state index is 0.0102. The van der Waals surface area contributed by atoms with Crippen LogP contribution in [0.15, 0.2) is 18.2 Å². The maximum Gasteiger partial charge on any atom is 0.308 e. The smallest absolute Gasteiger partial charge is 0.308 e. The van der Waals surface area contributed by atoms with Gasteiger partial charge in [0.15, 0.2) is 0 Å². The molecule has 1 saturated carbocycles. The van der Waals surface area contributed by atoms with Crippen molar-refractivity contribution in [1.29, 1.82) is 0 Å². The molecule has 21 heavy (non-hydrogen) atoms. The van der Waals surface area contributed by atoms with Crippen molar-refractivity contribution >= 4 is 35.1 Å². The first kappa shape index (κ1) is 14.7. The van der Waals surface area contributed by atoms with E-state index in [2.05, 4.69) is 0 Å². The van der Waals surface area contributed by atoms with Crippen molar-refractivity contribution in [3.8, 4) is 0 Å². The van der Waals surface area contributed by atoms with E-state index in [0.29, 0.717) is 22.0 Å². The lowest BCUT2D eigenvalue weighted by atomic mass is 9.84. The van der Waals surface area contributed by atoms with Crippen molar-refractivity contribution < 1.29 is 14.7 Å². The van der Waals surface area contributed by atoms with Crippen LogP contribution in [0.2, 0.25) is 10.0 Å². The van der Waals surface area contributed by atoms with Crippen LogP contribution in [-0.4, -0.2) is 27.9 Å². The molecule has 1 aromatic carbocycles. The van der Waals surface area contributed by atoms with Crippen molar-refractivity contribution in [1.82, 2.24) is 4.90 Å². The zero-order chi connectivity index (χ0) is 15.1. The van der Waals surface area contributed by atoms with E-state index in [-0.39, 0.29) is 18.4 Å². The highest BCUT2D eigenvalue weighted by atomic mass is 35.5. The number of carboxylic acid groups (broad SMARTS) is 1. The number of carbonyl (C=O) groups is 2. The lowest BCUT2D eigenvalue weighted by molar-refractivity contribution is -0.152. The Morgan fingerprint density at radius 2 is 1.95 bits per heavy atom. The normalized spacial score (nSPS) is 26.0. The van der Waals surface area contributed by atoms with E-state index in [4.69, 9.17) is 23.2 Å². The number of benzene rings is 1. The molecule has 0 spiro atoms. The average molecular weight is 328 g/mol. The molecule has 6 heteroatoms. The van der Waals surface area contributed by atoms with Crippen LogP contribution in [0.5, 0.6) is 0 Å². The second-order valence-electron chi connectivity index (χ2n) is 5.60. The minimum Gasteiger partial charge on any atom is -0.481 e. The summed E-state index contributed by atoms with van der Waals surface area (Å²) in [6.45, 7) is 0. The SMILES string of the molecule is O=C(O)C1CCC(=O)N(C2CC2)C1c1cccc(Cl)c1Cl. The van der Waals surface area contributed by atoms with Crippen LogP contribution in [-0.2, 0) is 9.59 Å². The molecule has 2 unspecified atom stereocenters. The highest BCUT2D eigenvalue weighted by Gasteiger charge is 2.47. The van der Waals surface area contributed by atoms with E-state index in [1.165, 1.54) is 0 Å². The number of piperidine rings is 1. The summed E-state index contributed by atoms with van der Waals surface area (Å²) in [4.78, 5) is 25.6. The van der Waals surface area contributed by atoms with Crippen LogP contribution in [0.1, 0.15) is 37.3 Å². The third kappa shape index (κ3) is 2.62. The van der Waals surface area contributed by atoms with Gasteiger partial charge in [-0.1, -0.05) is 35.3 Å². The predicted molar refractivity (Wildman–Crippen MR) is 79.4 cm³/mol. The van der Waals surface area contributed by atoms with Gasteiger partial charge in [0.25, 0.3) is 0 Å². The van der Waals surface area contributed by atoms with Crippen LogP contribution in [0.4, 0.5) is 0 Å². The Labute approximate surface area is 132 Å². The molecular formula is C15H15Cl2NO3. The predicted octanol–water partition coefficient (Wildman–Crippen LogP) is 3.52. The third-order valence-corrected chi connectivity index (χ3v) is 5.03. The fourth-order valence-corrected chi connectivity index (χ4v) is 3.49. The molecule has 1 aliphatic carbocycles. The largest absolute Gasteiger partial charge is 0.481 e. The number of halogens is 2. The number of aliphatic carboxylic acids is 1. The van der Waals surface area contributed by atoms with Gasteiger partial charge < -0.3 is 10.0 Å². The van der Waals surface area contributed by atoms with Gasteiger partial charge in [-0.25, -0.2) is 0 Å². The fraction of sp³-hybridized carbons (Fsp3) is 0.467. The molecule has 0 aromatic heterocycles. The molecule has 2 atom stereocenters. The van der Waals surface area contributed by atoms with Crippen LogP contribution in [0, 0.1) is 5.92 Å². The van der Waals surface area contributed by atoms with Gasteiger partial charge >= 0.3 is 5.97 Å². The highest BCUT2D eigenvalue weighted by molar-refractivity contribution is 6.42. The zero-order valence-corrected chi connectivity index (χ0v) is 12.8. The Morgan fingerprint density at radius 1 is 1.24 bits per heavy atom. The van der Waals surface area contributed by atoms with Crippen molar-refractivity contribution in [2.45, 2.75) is 37.8 Å². The number of rotatable bonds is 3. The summed E-state index contributed by atoms with van der Waals surface area (Å²) in [5.41, 5.74) is 0.636. The Morgan fingerprint density at radius 3 is 2.57 bits per heavy atom. The van der Waals surface area contributed by atoms with Gasteiger partial charge in [-0.2, -0.15) is 0 Å². The first-order valence-electron chi connectivity index (χ1n) is 6.98. The van der Waals surface area contributed by atoms with Gasteiger partial charge in [0.2, 0.25) is 5.91 Å². The van der Waals surface area contributed by atoms with E-state index in [0.717, 1.165) is 12.8 Å². The highest BCUT2D eigenvalue weighted by Crippen LogP contribution is 2.46. The number of hydrogen-bond donors (Lipinski definition) is 1. The Bertz CT molecular complexity index is 601. The van der Waals surface area contributed by atoms with Gasteiger partial charge in [-0.05, 0) is 30.9 Å². The number of carboxylic acids is 1. The van der Waals surface area contributed by atoms with Crippen molar-refractivity contribution in [2.75, 3.05) is 0 Å². The van der Waals surface area contributed by atoms with E-state index in [1.54, 1.807) is 23.1 Å². The topological polar surface area (TPSA) is 57.6 Å². The molecule has 1 saturated heterocycles. The standard InChI is InChI=1S/C15H15Cl2NO3/c16-11-3-1-2-9(13(11)17)14-10(15(20)21)6-7-12(19)18(14)8-4-5-8/h1-3,8,10,14H,4-7H2,(H,20,21). The van der Waals surface area contributed by atoms with Gasteiger partial charge in [-0.3, -0.25) is 9.59 Å². The van der Waals surface area contributed by atoms with Gasteiger partial charge in [0, 0.05) is 12.5 Å². The average Bonchev–Trinajstić information content (AvgIpc) is 3.25. The first-order chi connectivity index (χ1) is 10.0. The van der Waals surface area contributed by atoms with Crippen LogP contribution in [0.25, 0.3) is 0 Å². The van der Waals surface area contributed by atoms with Crippen LogP contribution >= 0.6 is 23.2 Å². The second-order valence-corrected chi connectivity index (χ2v) is 6.39. The number of carbonyl (C=O) groups excluding carboxylic acids is 1. The maximum atomic E-state index is 12.3. The molecule has 2 aliphatic rings. The number of amides is 1. The molecule has 4 nitrogen and oxygen atoms in total. The maximum absolute atomic E-state index is 12.3. The Balaban J connectivity index is 2.08. The summed E-state index contributed by atoms with van der Waals surface area (Å²) in [5.74, 6) is -1.52. The van der Waals surface area contributed by atoms with E-state index >= 15 is 0 Å². The first-order valence-corrected chi connectivity index (χ1v) is 7.74. The number of nitrogens with zero attached hydrogens (tertiary/aromatic N) is 1. The molecule has 1 aromatic rings.